The Morgan fingerprint density at radius 3 is 2.23 bits per heavy atom. The summed E-state index contributed by atoms with van der Waals surface area (Å²) in [5.41, 5.74) is 0.508. The minimum absolute atomic E-state index is 0.0223. The van der Waals surface area contributed by atoms with E-state index in [4.69, 9.17) is 0 Å². The van der Waals surface area contributed by atoms with Crippen LogP contribution in [0.2, 0.25) is 0 Å². The van der Waals surface area contributed by atoms with Gasteiger partial charge in [0.1, 0.15) is 0 Å². The molecule has 0 spiro atoms. The maximum Gasteiger partial charge on any atom is 0.254 e. The monoisotopic (exact) mass is 379 g/mol. The van der Waals surface area contributed by atoms with Gasteiger partial charge in [-0.3, -0.25) is 14.4 Å². The van der Waals surface area contributed by atoms with Crippen molar-refractivity contribution >= 4 is 33.4 Å². The fourth-order valence-electron chi connectivity index (χ4n) is 3.26. The molecule has 1 atom stereocenters. The van der Waals surface area contributed by atoms with E-state index in [1.807, 2.05) is 0 Å². The lowest BCUT2D eigenvalue weighted by atomic mass is 10.1. The molecule has 26 heavy (non-hydrogen) atoms. The first-order chi connectivity index (χ1) is 12.2. The van der Waals surface area contributed by atoms with Gasteiger partial charge in [0.05, 0.1) is 17.4 Å². The van der Waals surface area contributed by atoms with Gasteiger partial charge in [0.2, 0.25) is 21.8 Å². The minimum Gasteiger partial charge on any atom is -0.339 e. The molecule has 140 valence electrons. The average molecular weight is 379 g/mol. The van der Waals surface area contributed by atoms with Crippen molar-refractivity contribution < 1.29 is 22.8 Å². The van der Waals surface area contributed by atoms with Crippen molar-refractivity contribution in [1.82, 2.24) is 9.80 Å². The first kappa shape index (κ1) is 18.4. The number of piperazine rings is 1. The van der Waals surface area contributed by atoms with E-state index >= 15 is 0 Å². The van der Waals surface area contributed by atoms with E-state index in [-0.39, 0.29) is 23.3 Å². The Labute approximate surface area is 152 Å². The maximum absolute atomic E-state index is 12.7. The van der Waals surface area contributed by atoms with Crippen LogP contribution in [-0.4, -0.2) is 67.9 Å². The van der Waals surface area contributed by atoms with E-state index in [2.05, 4.69) is 0 Å². The van der Waals surface area contributed by atoms with Gasteiger partial charge >= 0.3 is 0 Å². The van der Waals surface area contributed by atoms with Crippen LogP contribution in [0.15, 0.2) is 24.3 Å². The number of sulfonamides is 1. The number of rotatable bonds is 2. The maximum atomic E-state index is 12.7. The van der Waals surface area contributed by atoms with E-state index in [1.165, 1.54) is 19.1 Å². The highest BCUT2D eigenvalue weighted by molar-refractivity contribution is 7.94. The van der Waals surface area contributed by atoms with Crippen molar-refractivity contribution in [2.45, 2.75) is 13.8 Å². The number of hydrogen-bond donors (Lipinski definition) is 0. The highest BCUT2D eigenvalue weighted by atomic mass is 32.2. The molecule has 0 aromatic heterocycles. The highest BCUT2D eigenvalue weighted by Crippen LogP contribution is 2.29. The quantitative estimate of drug-likeness (QED) is 0.737. The first-order valence-electron chi connectivity index (χ1n) is 8.42. The molecule has 1 unspecified atom stereocenters. The molecule has 0 N–H and O–H groups in total. The molecule has 2 heterocycles. The van der Waals surface area contributed by atoms with Gasteiger partial charge < -0.3 is 9.80 Å². The third-order valence-electron chi connectivity index (χ3n) is 4.70. The van der Waals surface area contributed by atoms with Gasteiger partial charge in [-0.15, -0.1) is 0 Å². The van der Waals surface area contributed by atoms with Crippen LogP contribution in [0.25, 0.3) is 0 Å². The topological polar surface area (TPSA) is 95.1 Å². The Kier molecular flexibility index (Phi) is 4.74. The molecule has 0 aliphatic carbocycles. The normalized spacial score (nSPS) is 22.6. The fourth-order valence-corrected chi connectivity index (χ4v) is 5.07. The van der Waals surface area contributed by atoms with Crippen molar-refractivity contribution in [3.8, 4) is 0 Å². The van der Waals surface area contributed by atoms with Gasteiger partial charge in [0.25, 0.3) is 5.91 Å². The third kappa shape index (κ3) is 3.31. The van der Waals surface area contributed by atoms with Crippen LogP contribution in [-0.2, 0) is 19.6 Å². The molecular formula is C17H21N3O5S. The Morgan fingerprint density at radius 1 is 1.08 bits per heavy atom. The van der Waals surface area contributed by atoms with Crippen LogP contribution >= 0.6 is 0 Å². The summed E-state index contributed by atoms with van der Waals surface area (Å²) >= 11 is 0. The Morgan fingerprint density at radius 2 is 1.69 bits per heavy atom. The number of carbonyl (C=O) groups excluding carboxylic acids is 3. The number of carbonyl (C=O) groups is 3. The Balaban J connectivity index is 1.81. The fraction of sp³-hybridized carbons (Fsp3) is 0.471. The van der Waals surface area contributed by atoms with Crippen LogP contribution in [0.1, 0.15) is 24.2 Å². The van der Waals surface area contributed by atoms with E-state index < -0.39 is 21.8 Å². The molecule has 0 saturated carbocycles. The Hall–Kier alpha value is -2.42. The van der Waals surface area contributed by atoms with Crippen molar-refractivity contribution in [3.05, 3.63) is 29.8 Å². The predicted octanol–water partition coefficient (Wildman–Crippen LogP) is 0.303. The molecule has 8 nitrogen and oxygen atoms in total. The van der Waals surface area contributed by atoms with E-state index in [9.17, 15) is 22.8 Å². The summed E-state index contributed by atoms with van der Waals surface area (Å²) < 4.78 is 25.3. The number of nitrogens with zero attached hydrogens (tertiary/aromatic N) is 3. The summed E-state index contributed by atoms with van der Waals surface area (Å²) in [7, 11) is -3.71. The predicted molar refractivity (Wildman–Crippen MR) is 95.0 cm³/mol. The summed E-state index contributed by atoms with van der Waals surface area (Å²) in [6, 6.07) is 6.12. The summed E-state index contributed by atoms with van der Waals surface area (Å²) in [6.45, 7) is 4.84. The second kappa shape index (κ2) is 6.71. The van der Waals surface area contributed by atoms with Crippen LogP contribution in [0, 0.1) is 5.92 Å². The summed E-state index contributed by atoms with van der Waals surface area (Å²) in [5.74, 6) is -1.57. The second-order valence-electron chi connectivity index (χ2n) is 6.63. The van der Waals surface area contributed by atoms with Crippen molar-refractivity contribution in [1.29, 1.82) is 0 Å². The molecule has 9 heteroatoms. The summed E-state index contributed by atoms with van der Waals surface area (Å²) in [5, 5.41) is 0. The minimum atomic E-state index is -3.71. The highest BCUT2D eigenvalue weighted by Gasteiger charge is 2.42. The molecule has 1 aromatic rings. The van der Waals surface area contributed by atoms with Crippen LogP contribution in [0.5, 0.6) is 0 Å². The molecule has 2 fully saturated rings. The van der Waals surface area contributed by atoms with Gasteiger partial charge in [0.15, 0.2) is 0 Å². The number of benzene rings is 1. The standard InChI is InChI=1S/C17H21N3O5S/c1-12-11-26(24,25)20(16(12)22)15-5-3-4-14(10-15)17(23)19-8-6-18(7-9-19)13(2)21/h3-5,10,12H,6-9,11H2,1-2H3. The molecule has 3 rings (SSSR count). The van der Waals surface area contributed by atoms with Gasteiger partial charge in [-0.2, -0.15) is 0 Å². The van der Waals surface area contributed by atoms with Crippen LogP contribution < -0.4 is 4.31 Å². The van der Waals surface area contributed by atoms with Crippen molar-refractivity contribution in [2.24, 2.45) is 5.92 Å². The molecule has 3 amide bonds. The molecule has 2 aliphatic rings. The summed E-state index contributed by atoms with van der Waals surface area (Å²) in [6.07, 6.45) is 0. The second-order valence-corrected chi connectivity index (χ2v) is 8.49. The van der Waals surface area contributed by atoms with Gasteiger partial charge in [0, 0.05) is 38.7 Å². The molecule has 1 aromatic carbocycles. The summed E-state index contributed by atoms with van der Waals surface area (Å²) in [4.78, 5) is 39.6. The first-order valence-corrected chi connectivity index (χ1v) is 10.0. The van der Waals surface area contributed by atoms with Crippen LogP contribution in [0.3, 0.4) is 0 Å². The Bertz CT molecular complexity index is 859. The number of anilines is 1. The zero-order valence-electron chi connectivity index (χ0n) is 14.7. The average Bonchev–Trinajstić information content (AvgIpc) is 2.81. The lowest BCUT2D eigenvalue weighted by Crippen LogP contribution is -2.50. The van der Waals surface area contributed by atoms with E-state index in [0.717, 1.165) is 4.31 Å². The third-order valence-corrected chi connectivity index (χ3v) is 6.57. The molecule has 2 aliphatic heterocycles. The van der Waals surface area contributed by atoms with Gasteiger partial charge in [-0.1, -0.05) is 13.0 Å². The van der Waals surface area contributed by atoms with E-state index in [1.54, 1.807) is 28.9 Å². The zero-order valence-corrected chi connectivity index (χ0v) is 15.5. The smallest absolute Gasteiger partial charge is 0.254 e. The largest absolute Gasteiger partial charge is 0.339 e. The lowest BCUT2D eigenvalue weighted by molar-refractivity contribution is -0.130. The van der Waals surface area contributed by atoms with E-state index in [0.29, 0.717) is 31.7 Å². The molecular weight excluding hydrogens is 358 g/mol. The lowest BCUT2D eigenvalue weighted by Gasteiger charge is -2.34. The molecule has 0 bridgehead atoms. The van der Waals surface area contributed by atoms with Gasteiger partial charge in [-0.05, 0) is 18.2 Å². The number of amides is 3. The molecule has 2 saturated heterocycles. The van der Waals surface area contributed by atoms with Gasteiger partial charge in [-0.25, -0.2) is 12.7 Å². The van der Waals surface area contributed by atoms with Crippen molar-refractivity contribution in [3.63, 3.8) is 0 Å². The molecule has 0 radical (unpaired) electrons. The van der Waals surface area contributed by atoms with Crippen LogP contribution in [0.4, 0.5) is 5.69 Å². The van der Waals surface area contributed by atoms with Crippen molar-refractivity contribution in [2.75, 3.05) is 36.2 Å². The SMILES string of the molecule is CC(=O)N1CCN(C(=O)c2cccc(N3C(=O)C(C)CS3(=O)=O)c2)CC1. The zero-order chi connectivity index (χ0) is 19.1. The number of hydrogen-bond acceptors (Lipinski definition) is 5.